The lowest BCUT2D eigenvalue weighted by atomic mass is 10.3. The van der Waals surface area contributed by atoms with E-state index in [0.29, 0.717) is 6.54 Å². The van der Waals surface area contributed by atoms with Gasteiger partial charge in [0, 0.05) is 19.8 Å². The molecule has 1 aromatic heterocycles. The van der Waals surface area contributed by atoms with Gasteiger partial charge in [0.15, 0.2) is 0 Å². The third-order valence-electron chi connectivity index (χ3n) is 2.24. The lowest BCUT2D eigenvalue weighted by Gasteiger charge is -2.16. The van der Waals surface area contributed by atoms with E-state index in [-0.39, 0.29) is 6.54 Å². The van der Waals surface area contributed by atoms with Crippen molar-refractivity contribution in [2.24, 2.45) is 0 Å². The van der Waals surface area contributed by atoms with Crippen molar-refractivity contribution >= 4 is 10.2 Å². The quantitative estimate of drug-likeness (QED) is 0.734. The highest BCUT2D eigenvalue weighted by Gasteiger charge is 2.16. The molecule has 1 heterocycles. The minimum atomic E-state index is -3.37. The Hall–Kier alpha value is -0.920. The number of hydrogen-bond acceptors (Lipinski definition) is 3. The molecule has 16 heavy (non-hydrogen) atoms. The van der Waals surface area contributed by atoms with Crippen molar-refractivity contribution in [2.45, 2.75) is 26.3 Å². The van der Waals surface area contributed by atoms with Gasteiger partial charge in [-0.05, 0) is 12.5 Å². The number of rotatable bonds is 7. The van der Waals surface area contributed by atoms with E-state index in [0.717, 1.165) is 18.5 Å². The molecule has 7 heteroatoms. The van der Waals surface area contributed by atoms with E-state index in [2.05, 4.69) is 14.9 Å². The van der Waals surface area contributed by atoms with Crippen LogP contribution in [-0.4, -0.2) is 36.5 Å². The van der Waals surface area contributed by atoms with Crippen LogP contribution in [0.15, 0.2) is 12.3 Å². The summed E-state index contributed by atoms with van der Waals surface area (Å²) < 4.78 is 27.2. The van der Waals surface area contributed by atoms with Crippen LogP contribution in [0, 0.1) is 0 Å². The largest absolute Gasteiger partial charge is 0.281 e. The van der Waals surface area contributed by atoms with Crippen molar-refractivity contribution in [3.05, 3.63) is 18.0 Å². The summed E-state index contributed by atoms with van der Waals surface area (Å²) in [4.78, 5) is 0. The fraction of sp³-hybridized carbons (Fsp3) is 0.667. The van der Waals surface area contributed by atoms with Crippen LogP contribution in [0.1, 0.15) is 25.5 Å². The molecule has 0 radical (unpaired) electrons. The van der Waals surface area contributed by atoms with Gasteiger partial charge in [0.2, 0.25) is 0 Å². The van der Waals surface area contributed by atoms with Gasteiger partial charge in [-0.2, -0.15) is 22.5 Å². The first kappa shape index (κ1) is 13.1. The molecule has 0 atom stereocenters. The van der Waals surface area contributed by atoms with Crippen LogP contribution < -0.4 is 4.72 Å². The van der Waals surface area contributed by atoms with E-state index in [1.54, 1.807) is 19.3 Å². The predicted molar refractivity (Wildman–Crippen MR) is 61.9 cm³/mol. The highest BCUT2D eigenvalue weighted by molar-refractivity contribution is 7.87. The van der Waals surface area contributed by atoms with E-state index in [4.69, 9.17) is 0 Å². The molecule has 0 saturated carbocycles. The van der Waals surface area contributed by atoms with Gasteiger partial charge in [-0.15, -0.1) is 0 Å². The van der Waals surface area contributed by atoms with Gasteiger partial charge in [-0.3, -0.25) is 5.10 Å². The van der Waals surface area contributed by atoms with E-state index >= 15 is 0 Å². The van der Waals surface area contributed by atoms with Gasteiger partial charge < -0.3 is 0 Å². The van der Waals surface area contributed by atoms with Crippen LogP contribution in [0.2, 0.25) is 0 Å². The molecule has 0 aromatic carbocycles. The number of unbranched alkanes of at least 4 members (excludes halogenated alkanes) is 1. The number of H-pyrrole nitrogens is 1. The highest BCUT2D eigenvalue weighted by atomic mass is 32.2. The zero-order valence-corrected chi connectivity index (χ0v) is 10.4. The summed E-state index contributed by atoms with van der Waals surface area (Å²) in [6.45, 7) is 2.80. The summed E-state index contributed by atoms with van der Waals surface area (Å²) in [5, 5.41) is 6.44. The summed E-state index contributed by atoms with van der Waals surface area (Å²) in [5.74, 6) is 0. The average Bonchev–Trinajstić information content (AvgIpc) is 2.76. The van der Waals surface area contributed by atoms with Crippen LogP contribution in [-0.2, 0) is 16.8 Å². The normalized spacial score (nSPS) is 12.2. The maximum Gasteiger partial charge on any atom is 0.279 e. The molecule has 0 amide bonds. The Morgan fingerprint density at radius 3 is 2.88 bits per heavy atom. The van der Waals surface area contributed by atoms with Crippen molar-refractivity contribution in [1.29, 1.82) is 0 Å². The Morgan fingerprint density at radius 2 is 2.31 bits per heavy atom. The third-order valence-corrected chi connectivity index (χ3v) is 3.75. The van der Waals surface area contributed by atoms with Crippen molar-refractivity contribution in [2.75, 3.05) is 13.6 Å². The van der Waals surface area contributed by atoms with Gasteiger partial charge in [-0.25, -0.2) is 0 Å². The maximum atomic E-state index is 11.7. The minimum Gasteiger partial charge on any atom is -0.281 e. The Labute approximate surface area is 96.2 Å². The number of nitrogens with one attached hydrogen (secondary N) is 2. The monoisotopic (exact) mass is 246 g/mol. The van der Waals surface area contributed by atoms with Crippen molar-refractivity contribution in [3.8, 4) is 0 Å². The fourth-order valence-corrected chi connectivity index (χ4v) is 2.09. The van der Waals surface area contributed by atoms with Crippen molar-refractivity contribution in [3.63, 3.8) is 0 Å². The second kappa shape index (κ2) is 5.97. The molecule has 0 aliphatic carbocycles. The summed E-state index contributed by atoms with van der Waals surface area (Å²) in [6.07, 6.45) is 3.42. The molecule has 0 spiro atoms. The van der Waals surface area contributed by atoms with Gasteiger partial charge in [0.1, 0.15) is 0 Å². The van der Waals surface area contributed by atoms with Crippen LogP contribution in [0.25, 0.3) is 0 Å². The standard InChI is InChI=1S/C9H18N4O2S/c1-3-4-7-13(2)16(14,15)11-8-9-5-6-10-12-9/h5-6,11H,3-4,7-8H2,1-2H3,(H,10,12). The van der Waals surface area contributed by atoms with Crippen LogP contribution in [0.4, 0.5) is 0 Å². The second-order valence-electron chi connectivity index (χ2n) is 3.58. The molecule has 2 N–H and O–H groups in total. The van der Waals surface area contributed by atoms with Gasteiger partial charge >= 0.3 is 0 Å². The first-order chi connectivity index (χ1) is 7.56. The van der Waals surface area contributed by atoms with E-state index in [1.165, 1.54) is 4.31 Å². The van der Waals surface area contributed by atoms with E-state index in [9.17, 15) is 8.42 Å². The Bertz CT molecular complexity index is 388. The zero-order chi connectivity index (χ0) is 12.0. The van der Waals surface area contributed by atoms with Crippen LogP contribution in [0.3, 0.4) is 0 Å². The lowest BCUT2D eigenvalue weighted by molar-refractivity contribution is 0.448. The third kappa shape index (κ3) is 3.92. The second-order valence-corrected chi connectivity index (χ2v) is 5.45. The van der Waals surface area contributed by atoms with Crippen LogP contribution in [0.5, 0.6) is 0 Å². The first-order valence-electron chi connectivity index (χ1n) is 5.25. The van der Waals surface area contributed by atoms with Gasteiger partial charge in [-0.1, -0.05) is 13.3 Å². The van der Waals surface area contributed by atoms with Gasteiger partial charge in [0.05, 0.1) is 12.2 Å². The van der Waals surface area contributed by atoms with Gasteiger partial charge in [0.25, 0.3) is 10.2 Å². The molecule has 0 saturated heterocycles. The smallest absolute Gasteiger partial charge is 0.279 e. The Kier molecular flexibility index (Phi) is 4.91. The molecule has 0 aliphatic rings. The average molecular weight is 246 g/mol. The summed E-state index contributed by atoms with van der Waals surface area (Å²) in [6, 6.07) is 1.73. The number of nitrogens with zero attached hydrogens (tertiary/aromatic N) is 2. The summed E-state index contributed by atoms with van der Waals surface area (Å²) >= 11 is 0. The maximum absolute atomic E-state index is 11.7. The molecular weight excluding hydrogens is 228 g/mol. The van der Waals surface area contributed by atoms with Crippen LogP contribution >= 0.6 is 0 Å². The predicted octanol–water partition coefficient (Wildman–Crippen LogP) is 0.476. The topological polar surface area (TPSA) is 78.1 Å². The fourth-order valence-electron chi connectivity index (χ4n) is 1.16. The summed E-state index contributed by atoms with van der Waals surface area (Å²) in [7, 11) is -1.80. The van der Waals surface area contributed by atoms with Crippen molar-refractivity contribution < 1.29 is 8.42 Å². The number of hydrogen-bond donors (Lipinski definition) is 2. The molecule has 1 aromatic rings. The zero-order valence-electron chi connectivity index (χ0n) is 9.60. The molecule has 92 valence electrons. The molecule has 0 aliphatic heterocycles. The van der Waals surface area contributed by atoms with Crippen molar-refractivity contribution in [1.82, 2.24) is 19.2 Å². The lowest BCUT2D eigenvalue weighted by Crippen LogP contribution is -2.38. The molecule has 0 bridgehead atoms. The SMILES string of the molecule is CCCCN(C)S(=O)(=O)NCc1ccn[nH]1. The highest BCUT2D eigenvalue weighted by Crippen LogP contribution is 1.99. The first-order valence-corrected chi connectivity index (χ1v) is 6.69. The minimum absolute atomic E-state index is 0.235. The number of aromatic amines is 1. The Balaban J connectivity index is 2.45. The molecular formula is C9H18N4O2S. The molecule has 0 fully saturated rings. The molecule has 1 rings (SSSR count). The Morgan fingerprint density at radius 1 is 1.56 bits per heavy atom. The molecule has 0 unspecified atom stereocenters. The molecule has 6 nitrogen and oxygen atoms in total. The summed E-state index contributed by atoms with van der Waals surface area (Å²) in [5.41, 5.74) is 0.743. The number of aromatic nitrogens is 2. The van der Waals surface area contributed by atoms with E-state index in [1.807, 2.05) is 6.92 Å². The van der Waals surface area contributed by atoms with E-state index < -0.39 is 10.2 Å².